The molecule has 0 aromatic heterocycles. The molecule has 1 atom stereocenters. The molecule has 0 saturated carbocycles. The van der Waals surface area contributed by atoms with Gasteiger partial charge in [0, 0.05) is 6.42 Å². The van der Waals surface area contributed by atoms with Gasteiger partial charge < -0.3 is 9.47 Å². The molecule has 0 N–H and O–H groups in total. The van der Waals surface area contributed by atoms with Crippen LogP contribution in [-0.4, -0.2) is 31.0 Å². The zero-order chi connectivity index (χ0) is 13.2. The third-order valence-corrected chi connectivity index (χ3v) is 2.69. The fourth-order valence-corrected chi connectivity index (χ4v) is 1.49. The quantitative estimate of drug-likeness (QED) is 0.614. The number of ether oxygens (including phenoxy) is 2. The largest absolute Gasteiger partial charge is 0.463 e. The van der Waals surface area contributed by atoms with Crippen molar-refractivity contribution in [3.63, 3.8) is 0 Å². The molecular weight excluding hydrogens is 249 g/mol. The Morgan fingerprint density at radius 1 is 1.33 bits per heavy atom. The third-order valence-electron chi connectivity index (χ3n) is 2.69. The van der Waals surface area contributed by atoms with Crippen LogP contribution in [0.15, 0.2) is 30.3 Å². The second kappa shape index (κ2) is 4.61. The molecule has 0 amide bonds. The van der Waals surface area contributed by atoms with Crippen LogP contribution in [0.4, 0.5) is 13.2 Å². The molecule has 18 heavy (non-hydrogen) atoms. The number of hydrogen-bond acceptors (Lipinski definition) is 3. The highest BCUT2D eigenvalue weighted by molar-refractivity contribution is 5.83. The molecule has 0 aliphatic carbocycles. The Morgan fingerprint density at radius 3 is 2.44 bits per heavy atom. The summed E-state index contributed by atoms with van der Waals surface area (Å²) in [7, 11) is 0. The molecule has 6 heteroatoms. The number of epoxide rings is 1. The van der Waals surface area contributed by atoms with Crippen LogP contribution in [0.3, 0.4) is 0 Å². The maximum atomic E-state index is 12.5. The lowest BCUT2D eigenvalue weighted by atomic mass is 10.1. The standard InChI is InChI=1S/C12H11F3O3/c13-12(14,15)11(8-18-11)10(16)17-7-6-9-4-2-1-3-5-9/h1-5H,6-8H2. The number of esters is 1. The first-order valence-electron chi connectivity index (χ1n) is 5.37. The summed E-state index contributed by atoms with van der Waals surface area (Å²) in [5, 5.41) is 0. The third kappa shape index (κ3) is 2.48. The molecule has 1 aliphatic heterocycles. The molecular formula is C12H11F3O3. The maximum Gasteiger partial charge on any atom is 0.430 e. The summed E-state index contributed by atoms with van der Waals surface area (Å²) >= 11 is 0. The monoisotopic (exact) mass is 260 g/mol. The van der Waals surface area contributed by atoms with Gasteiger partial charge in [-0.15, -0.1) is 0 Å². The molecule has 1 saturated heterocycles. The van der Waals surface area contributed by atoms with E-state index >= 15 is 0 Å². The molecule has 0 bridgehead atoms. The number of rotatable bonds is 4. The minimum absolute atomic E-state index is 0.0932. The normalized spacial score (nSPS) is 22.6. The molecule has 1 aromatic carbocycles. The van der Waals surface area contributed by atoms with Crippen LogP contribution >= 0.6 is 0 Å². The van der Waals surface area contributed by atoms with Crippen molar-refractivity contribution < 1.29 is 27.4 Å². The van der Waals surface area contributed by atoms with E-state index < -0.39 is 24.4 Å². The van der Waals surface area contributed by atoms with Crippen molar-refractivity contribution in [3.8, 4) is 0 Å². The second-order valence-corrected chi connectivity index (χ2v) is 3.98. The van der Waals surface area contributed by atoms with E-state index in [2.05, 4.69) is 9.47 Å². The van der Waals surface area contributed by atoms with Gasteiger partial charge in [0.15, 0.2) is 0 Å². The molecule has 1 aliphatic rings. The number of benzene rings is 1. The summed E-state index contributed by atoms with van der Waals surface area (Å²) < 4.78 is 46.3. The number of carbonyl (C=O) groups excluding carboxylic acids is 1. The average molecular weight is 260 g/mol. The molecule has 3 nitrogen and oxygen atoms in total. The van der Waals surface area contributed by atoms with Gasteiger partial charge in [0.05, 0.1) is 13.2 Å². The fraction of sp³-hybridized carbons (Fsp3) is 0.417. The van der Waals surface area contributed by atoms with Crippen molar-refractivity contribution in [2.75, 3.05) is 13.2 Å². The molecule has 1 heterocycles. The Kier molecular flexibility index (Phi) is 3.30. The van der Waals surface area contributed by atoms with E-state index in [1.807, 2.05) is 6.07 Å². The van der Waals surface area contributed by atoms with Gasteiger partial charge in [0.25, 0.3) is 5.60 Å². The van der Waals surface area contributed by atoms with Crippen LogP contribution in [0, 0.1) is 0 Å². The summed E-state index contributed by atoms with van der Waals surface area (Å²) in [5.74, 6) is -1.36. The lowest BCUT2D eigenvalue weighted by molar-refractivity contribution is -0.203. The number of carbonyl (C=O) groups is 1. The first-order chi connectivity index (χ1) is 8.46. The van der Waals surface area contributed by atoms with Crippen LogP contribution < -0.4 is 0 Å². The molecule has 0 radical (unpaired) electrons. The van der Waals surface area contributed by atoms with Gasteiger partial charge in [-0.25, -0.2) is 4.79 Å². The van der Waals surface area contributed by atoms with Crippen LogP contribution in [-0.2, 0) is 20.7 Å². The first kappa shape index (κ1) is 12.9. The zero-order valence-electron chi connectivity index (χ0n) is 9.37. The topological polar surface area (TPSA) is 38.8 Å². The van der Waals surface area contributed by atoms with Gasteiger partial charge in [0.2, 0.25) is 0 Å². The summed E-state index contributed by atoms with van der Waals surface area (Å²) in [4.78, 5) is 11.3. The van der Waals surface area contributed by atoms with E-state index in [1.54, 1.807) is 24.3 Å². The van der Waals surface area contributed by atoms with E-state index in [0.717, 1.165) is 5.56 Å². The molecule has 98 valence electrons. The Labute approximate surface area is 102 Å². The molecule has 1 aromatic rings. The van der Waals surface area contributed by atoms with Crippen molar-refractivity contribution in [1.82, 2.24) is 0 Å². The smallest absolute Gasteiger partial charge is 0.430 e. The van der Waals surface area contributed by atoms with E-state index in [-0.39, 0.29) is 6.61 Å². The maximum absolute atomic E-state index is 12.5. The van der Waals surface area contributed by atoms with Gasteiger partial charge >= 0.3 is 12.1 Å². The van der Waals surface area contributed by atoms with Crippen molar-refractivity contribution >= 4 is 5.97 Å². The zero-order valence-corrected chi connectivity index (χ0v) is 9.37. The average Bonchev–Trinajstić information content (AvgIpc) is 3.10. The van der Waals surface area contributed by atoms with Crippen molar-refractivity contribution in [2.24, 2.45) is 0 Å². The highest BCUT2D eigenvalue weighted by atomic mass is 19.4. The van der Waals surface area contributed by atoms with Gasteiger partial charge in [-0.3, -0.25) is 0 Å². The molecule has 0 spiro atoms. The Balaban J connectivity index is 1.83. The first-order valence-corrected chi connectivity index (χ1v) is 5.37. The van der Waals surface area contributed by atoms with E-state index in [1.165, 1.54) is 0 Å². The molecule has 2 rings (SSSR count). The molecule has 1 fully saturated rings. The summed E-state index contributed by atoms with van der Waals surface area (Å²) in [6, 6.07) is 9.05. The van der Waals surface area contributed by atoms with E-state index in [4.69, 9.17) is 0 Å². The number of alkyl halides is 3. The number of halogens is 3. The summed E-state index contributed by atoms with van der Waals surface area (Å²) in [6.07, 6.45) is -4.34. The summed E-state index contributed by atoms with van der Waals surface area (Å²) in [5.41, 5.74) is -1.83. The van der Waals surface area contributed by atoms with Crippen LogP contribution in [0.5, 0.6) is 0 Å². The Morgan fingerprint density at radius 2 is 1.94 bits per heavy atom. The van der Waals surface area contributed by atoms with Crippen LogP contribution in [0.1, 0.15) is 5.56 Å². The SMILES string of the molecule is O=C(OCCc1ccccc1)C1(C(F)(F)F)CO1. The van der Waals surface area contributed by atoms with E-state index in [0.29, 0.717) is 6.42 Å². The van der Waals surface area contributed by atoms with Gasteiger partial charge in [0.1, 0.15) is 0 Å². The lowest BCUT2D eigenvalue weighted by Crippen LogP contribution is -2.42. The molecule has 1 unspecified atom stereocenters. The van der Waals surface area contributed by atoms with Crippen LogP contribution in [0.25, 0.3) is 0 Å². The predicted molar refractivity (Wildman–Crippen MR) is 55.8 cm³/mol. The highest BCUT2D eigenvalue weighted by Gasteiger charge is 2.72. The van der Waals surface area contributed by atoms with Crippen LogP contribution in [0.2, 0.25) is 0 Å². The Hall–Kier alpha value is -1.56. The van der Waals surface area contributed by atoms with Gasteiger partial charge in [-0.05, 0) is 5.56 Å². The van der Waals surface area contributed by atoms with E-state index in [9.17, 15) is 18.0 Å². The summed E-state index contributed by atoms with van der Waals surface area (Å²) in [6.45, 7) is -0.745. The lowest BCUT2D eigenvalue weighted by Gasteiger charge is -2.14. The predicted octanol–water partition coefficient (Wildman–Crippen LogP) is 2.10. The van der Waals surface area contributed by atoms with Crippen molar-refractivity contribution in [2.45, 2.75) is 18.2 Å². The van der Waals surface area contributed by atoms with Crippen molar-refractivity contribution in [1.29, 1.82) is 0 Å². The Bertz CT molecular complexity index is 424. The van der Waals surface area contributed by atoms with Crippen molar-refractivity contribution in [3.05, 3.63) is 35.9 Å². The minimum Gasteiger partial charge on any atom is -0.463 e. The minimum atomic E-state index is -4.71. The second-order valence-electron chi connectivity index (χ2n) is 3.98. The highest BCUT2D eigenvalue weighted by Crippen LogP contribution is 2.44. The number of hydrogen-bond donors (Lipinski definition) is 0. The fourth-order valence-electron chi connectivity index (χ4n) is 1.49. The van der Waals surface area contributed by atoms with Gasteiger partial charge in [-0.1, -0.05) is 30.3 Å². The van der Waals surface area contributed by atoms with Gasteiger partial charge in [-0.2, -0.15) is 13.2 Å².